The Kier molecular flexibility index (Phi) is 5.53. The second-order valence-electron chi connectivity index (χ2n) is 1.52. The molecule has 56 valence electrons. The van der Waals surface area contributed by atoms with Gasteiger partial charge in [0.25, 0.3) is 0 Å². The molecule has 0 aliphatic heterocycles. The maximum atomic E-state index is 12.2. The first kappa shape index (κ1) is 9.01. The van der Waals surface area contributed by atoms with Crippen molar-refractivity contribution in [2.75, 3.05) is 6.80 Å². The van der Waals surface area contributed by atoms with E-state index in [2.05, 4.69) is 11.6 Å². The third-order valence-electron chi connectivity index (χ3n) is 0.790. The van der Waals surface area contributed by atoms with Gasteiger partial charge in [-0.25, -0.2) is 9.38 Å². The van der Waals surface area contributed by atoms with E-state index in [4.69, 9.17) is 0 Å². The lowest BCUT2D eigenvalue weighted by atomic mass is 10.4. The number of alkyl halides is 1. The molecule has 0 aliphatic carbocycles. The van der Waals surface area contributed by atoms with Crippen LogP contribution in [0, 0.1) is 0 Å². The normalized spacial score (nSPS) is 12.4. The summed E-state index contributed by atoms with van der Waals surface area (Å²) < 4.78 is 23.4. The van der Waals surface area contributed by atoms with Crippen LogP contribution in [0.5, 0.6) is 0 Å². The average Bonchev–Trinajstić information content (AvgIpc) is 1.89. The molecule has 0 radical (unpaired) electrons. The molecule has 10 heavy (non-hydrogen) atoms. The fraction of sp³-hybridized carbons (Fsp3) is 0.286. The maximum Gasteiger partial charge on any atom is 0.190 e. The van der Waals surface area contributed by atoms with E-state index >= 15 is 0 Å². The van der Waals surface area contributed by atoms with E-state index in [1.54, 1.807) is 6.08 Å². The first-order valence-corrected chi connectivity index (χ1v) is 2.83. The van der Waals surface area contributed by atoms with E-state index in [0.29, 0.717) is 0 Å². The first-order chi connectivity index (χ1) is 4.81. The fourth-order valence-corrected chi connectivity index (χ4v) is 0.391. The van der Waals surface area contributed by atoms with Crippen LogP contribution in [0.15, 0.2) is 29.8 Å². The van der Waals surface area contributed by atoms with Crippen LogP contribution in [0.2, 0.25) is 0 Å². The van der Waals surface area contributed by atoms with Crippen LogP contribution >= 0.6 is 0 Å². The van der Waals surface area contributed by atoms with E-state index in [1.807, 2.05) is 0 Å². The molecule has 0 amide bonds. The topological polar surface area (TPSA) is 12.4 Å². The minimum Gasteiger partial charge on any atom is -0.227 e. The Morgan fingerprint density at radius 3 is 2.80 bits per heavy atom. The van der Waals surface area contributed by atoms with Crippen molar-refractivity contribution in [3.05, 3.63) is 24.8 Å². The van der Waals surface area contributed by atoms with Gasteiger partial charge in [0, 0.05) is 6.42 Å². The highest BCUT2D eigenvalue weighted by Crippen LogP contribution is 1.91. The smallest absolute Gasteiger partial charge is 0.190 e. The fourth-order valence-electron chi connectivity index (χ4n) is 0.391. The predicted octanol–water partition coefficient (Wildman–Crippen LogP) is 2.41. The number of nitrogens with zero attached hydrogens (tertiary/aromatic N) is 1. The maximum absolute atomic E-state index is 12.2. The molecular weight excluding hydrogens is 136 g/mol. The van der Waals surface area contributed by atoms with Gasteiger partial charge in [-0.3, -0.25) is 0 Å². The van der Waals surface area contributed by atoms with Crippen molar-refractivity contribution < 1.29 is 8.78 Å². The van der Waals surface area contributed by atoms with Crippen LogP contribution in [-0.4, -0.2) is 12.8 Å². The number of rotatable bonds is 4. The van der Waals surface area contributed by atoms with Crippen LogP contribution in [0.3, 0.4) is 0 Å². The zero-order valence-electron chi connectivity index (χ0n) is 5.56. The molecule has 0 aliphatic rings. The van der Waals surface area contributed by atoms with Crippen molar-refractivity contribution in [2.24, 2.45) is 4.99 Å². The number of allylic oxidation sites excluding steroid dienone is 3. The third-order valence-corrected chi connectivity index (χ3v) is 0.790. The van der Waals surface area contributed by atoms with Gasteiger partial charge < -0.3 is 0 Å². The molecule has 0 aromatic heterocycles. The summed E-state index contributed by atoms with van der Waals surface area (Å²) in [5.74, 6) is -0.694. The van der Waals surface area contributed by atoms with Crippen LogP contribution < -0.4 is 0 Å². The molecule has 3 heteroatoms. The summed E-state index contributed by atoms with van der Waals surface area (Å²) in [5.41, 5.74) is 0. The van der Waals surface area contributed by atoms with E-state index in [0.717, 1.165) is 0 Å². The lowest BCUT2D eigenvalue weighted by molar-refractivity contribution is 0.506. The largest absolute Gasteiger partial charge is 0.227 e. The van der Waals surface area contributed by atoms with Crippen molar-refractivity contribution in [3.8, 4) is 0 Å². The summed E-state index contributed by atoms with van der Waals surface area (Å²) in [6, 6.07) is 0. The van der Waals surface area contributed by atoms with Crippen LogP contribution in [0.1, 0.15) is 6.42 Å². The number of hydrogen-bond acceptors (Lipinski definition) is 1. The number of hydrogen-bond donors (Lipinski definition) is 0. The molecule has 0 atom stereocenters. The van der Waals surface area contributed by atoms with Gasteiger partial charge in [0.15, 0.2) is 12.8 Å². The van der Waals surface area contributed by atoms with Crippen LogP contribution in [0.4, 0.5) is 8.78 Å². The molecule has 0 rings (SSSR count). The highest BCUT2D eigenvalue weighted by molar-refractivity contribution is 5.76. The van der Waals surface area contributed by atoms with Gasteiger partial charge in [-0.15, -0.1) is 0 Å². The summed E-state index contributed by atoms with van der Waals surface area (Å²) in [5, 5.41) is 0. The predicted molar refractivity (Wildman–Crippen MR) is 38.5 cm³/mol. The zero-order chi connectivity index (χ0) is 7.82. The Bertz CT molecular complexity index is 150. The van der Waals surface area contributed by atoms with Crippen molar-refractivity contribution >= 4 is 5.97 Å². The molecule has 0 bridgehead atoms. The summed E-state index contributed by atoms with van der Waals surface area (Å²) in [6.07, 6.45) is 4.65. The minimum absolute atomic E-state index is 0.0376. The monoisotopic (exact) mass is 145 g/mol. The number of aliphatic imine (C=N–C) groups is 1. The Morgan fingerprint density at radius 2 is 2.30 bits per heavy atom. The van der Waals surface area contributed by atoms with Crippen molar-refractivity contribution in [1.29, 1.82) is 0 Å². The van der Waals surface area contributed by atoms with Crippen LogP contribution in [-0.2, 0) is 0 Å². The Morgan fingerprint density at radius 1 is 1.60 bits per heavy atom. The van der Waals surface area contributed by atoms with Crippen molar-refractivity contribution in [1.82, 2.24) is 0 Å². The van der Waals surface area contributed by atoms with E-state index in [-0.39, 0.29) is 6.42 Å². The number of halogens is 2. The Hall–Kier alpha value is -0.990. The van der Waals surface area contributed by atoms with Gasteiger partial charge in [0.05, 0.1) is 0 Å². The van der Waals surface area contributed by atoms with Crippen LogP contribution in [0.25, 0.3) is 0 Å². The highest BCUT2D eigenvalue weighted by atomic mass is 19.1. The summed E-state index contributed by atoms with van der Waals surface area (Å²) >= 11 is 0. The molecule has 0 aromatic rings. The average molecular weight is 145 g/mol. The molecule has 0 saturated heterocycles. The SMILES string of the molecule is C=C/C=C\C/C(F)=N\CF. The Labute approximate surface area is 58.8 Å². The van der Waals surface area contributed by atoms with Gasteiger partial charge in [0.1, 0.15) is 0 Å². The molecule has 0 unspecified atom stereocenters. The van der Waals surface area contributed by atoms with Gasteiger partial charge in [-0.1, -0.05) is 24.8 Å². The molecule has 0 fully saturated rings. The van der Waals surface area contributed by atoms with Gasteiger partial charge in [-0.05, 0) is 0 Å². The van der Waals surface area contributed by atoms with E-state index < -0.39 is 12.8 Å². The van der Waals surface area contributed by atoms with E-state index in [1.165, 1.54) is 12.2 Å². The molecule has 1 nitrogen and oxygen atoms in total. The molecule has 0 spiro atoms. The molecule has 0 heterocycles. The second kappa shape index (κ2) is 6.13. The van der Waals surface area contributed by atoms with Gasteiger partial charge >= 0.3 is 0 Å². The van der Waals surface area contributed by atoms with Crippen molar-refractivity contribution in [2.45, 2.75) is 6.42 Å². The molecule has 0 N–H and O–H groups in total. The molecular formula is C7H9F2N. The second-order valence-corrected chi connectivity index (χ2v) is 1.52. The molecule has 0 aromatic carbocycles. The minimum atomic E-state index is -0.992. The quantitative estimate of drug-likeness (QED) is 0.327. The summed E-state index contributed by atoms with van der Waals surface area (Å²) in [4.78, 5) is 2.89. The third kappa shape index (κ3) is 5.15. The summed E-state index contributed by atoms with van der Waals surface area (Å²) in [6.45, 7) is 2.39. The lowest BCUT2D eigenvalue weighted by Gasteiger charge is -1.85. The molecule has 0 saturated carbocycles. The Balaban J connectivity index is 3.57. The summed E-state index contributed by atoms with van der Waals surface area (Å²) in [7, 11) is 0. The van der Waals surface area contributed by atoms with Crippen molar-refractivity contribution in [3.63, 3.8) is 0 Å². The first-order valence-electron chi connectivity index (χ1n) is 2.83. The lowest BCUT2D eigenvalue weighted by Crippen LogP contribution is -1.85. The van der Waals surface area contributed by atoms with E-state index in [9.17, 15) is 8.78 Å². The van der Waals surface area contributed by atoms with Gasteiger partial charge in [0.2, 0.25) is 0 Å². The van der Waals surface area contributed by atoms with Gasteiger partial charge in [-0.2, -0.15) is 4.39 Å². The standard InChI is InChI=1S/C7H9F2N/c1-2-3-4-5-7(9)10-6-8/h2-4H,1,5-6H2/b4-3-,10-7+. The zero-order valence-corrected chi connectivity index (χ0v) is 5.56. The highest BCUT2D eigenvalue weighted by Gasteiger charge is 1.89.